The molecule has 376 valence electrons. The van der Waals surface area contributed by atoms with E-state index in [1.807, 2.05) is 45.3 Å². The molecule has 0 aliphatic heterocycles. The third kappa shape index (κ3) is 7.77. The standard InChI is InChI=1S/C28H12Br4O2S4.C28H12Br2I2O2S4/c1-9-3-5-11-13(7-9)33-19-15(29)23(35-21(11)19)25-17(31)27-28(37-25)18(32)26(38-27)24-16(30)20-22(36-24)12-6-4-10(2)8-14(12)34-20;1-9-3-5-11-13(7-9)33-19-17(31)27(35-21(11)19)25-15(29)23-24(37-25)16(30)26(38-23)28-18(32)20-22(36-28)12-6-4-10(2)8-14(12)34-20/h2*3-8H,1-2H3. The van der Waals surface area contributed by atoms with Gasteiger partial charge < -0.3 is 17.7 Å². The molecule has 0 saturated heterocycles. The second-order valence-electron chi connectivity index (χ2n) is 18.3. The van der Waals surface area contributed by atoms with Crippen LogP contribution in [0.15, 0.2) is 117 Å². The van der Waals surface area contributed by atoms with Crippen molar-refractivity contribution in [3.05, 3.63) is 129 Å². The van der Waals surface area contributed by atoms with Crippen molar-refractivity contribution in [3.8, 4) is 39.0 Å². The first-order chi connectivity index (χ1) is 36.6. The summed E-state index contributed by atoms with van der Waals surface area (Å²) in [6.45, 7) is 8.39. The average Bonchev–Trinajstić information content (AvgIpc) is 4.34. The minimum absolute atomic E-state index is 0.918. The molecule has 0 N–H and O–H groups in total. The lowest BCUT2D eigenvalue weighted by atomic mass is 10.2. The van der Waals surface area contributed by atoms with Gasteiger partial charge in [0.05, 0.1) is 111 Å². The summed E-state index contributed by atoms with van der Waals surface area (Å²) in [5.41, 5.74) is 12.5. The largest absolute Gasteiger partial charge is 0.454 e. The Bertz CT molecular complexity index is 4550. The molecule has 0 aliphatic rings. The number of aryl methyl sites for hydroxylation is 4. The highest BCUT2D eigenvalue weighted by molar-refractivity contribution is 14.1. The maximum atomic E-state index is 6.31. The van der Waals surface area contributed by atoms with Crippen LogP contribution >= 0.6 is 231 Å². The summed E-state index contributed by atoms with van der Waals surface area (Å²) >= 11 is 43.0. The van der Waals surface area contributed by atoms with Gasteiger partial charge in [-0.25, -0.2) is 0 Å². The van der Waals surface area contributed by atoms with E-state index in [1.54, 1.807) is 45.3 Å². The Balaban J connectivity index is 0.000000133. The molecule has 16 aromatic rings. The molecule has 0 spiro atoms. The molecule has 76 heavy (non-hydrogen) atoms. The van der Waals surface area contributed by atoms with Gasteiger partial charge in [-0.1, -0.05) is 24.3 Å². The Hall–Kier alpha value is -1.46. The summed E-state index contributed by atoms with van der Waals surface area (Å²) in [4.78, 5) is 9.84. The van der Waals surface area contributed by atoms with Gasteiger partial charge >= 0.3 is 0 Å². The van der Waals surface area contributed by atoms with Gasteiger partial charge in [-0.05, 0) is 239 Å². The number of hydrogen-bond acceptors (Lipinski definition) is 12. The predicted octanol–water partition coefficient (Wildman–Crippen LogP) is 27.5. The fourth-order valence-electron chi connectivity index (χ4n) is 9.64. The molecule has 16 rings (SSSR count). The second-order valence-corrected chi connectivity index (χ2v) is 33.4. The lowest BCUT2D eigenvalue weighted by Crippen LogP contribution is -1.73. The van der Waals surface area contributed by atoms with Crippen LogP contribution in [0.5, 0.6) is 0 Å². The van der Waals surface area contributed by atoms with E-state index in [-0.39, 0.29) is 0 Å². The first-order valence-corrected chi connectivity index (χ1v) is 36.3. The summed E-state index contributed by atoms with van der Waals surface area (Å²) in [6.07, 6.45) is 0. The molecular weight excluding hydrogens is 1730 g/mol. The Morgan fingerprint density at radius 2 is 0.513 bits per heavy atom. The van der Waals surface area contributed by atoms with E-state index in [9.17, 15) is 0 Å². The Kier molecular flexibility index (Phi) is 12.9. The zero-order chi connectivity index (χ0) is 52.1. The van der Waals surface area contributed by atoms with Crippen molar-refractivity contribution in [3.63, 3.8) is 0 Å². The highest BCUT2D eigenvalue weighted by Crippen LogP contribution is 2.61. The van der Waals surface area contributed by atoms with Crippen LogP contribution in [0, 0.1) is 34.8 Å². The highest BCUT2D eigenvalue weighted by Gasteiger charge is 2.30. The van der Waals surface area contributed by atoms with E-state index in [2.05, 4.69) is 241 Å². The average molecular weight is 1750 g/mol. The lowest BCUT2D eigenvalue weighted by Gasteiger charge is -1.99. The zero-order valence-corrected chi connectivity index (χ0v) is 59.2. The quantitative estimate of drug-likeness (QED) is 0.165. The zero-order valence-electron chi connectivity index (χ0n) is 38.9. The highest BCUT2D eigenvalue weighted by atomic mass is 127. The minimum atomic E-state index is 0.918. The van der Waals surface area contributed by atoms with E-state index in [0.717, 1.165) is 82.3 Å². The summed E-state index contributed by atoms with van der Waals surface area (Å²) in [5, 5.41) is 4.71. The topological polar surface area (TPSA) is 52.6 Å². The van der Waals surface area contributed by atoms with Crippen LogP contribution in [0.1, 0.15) is 22.3 Å². The molecule has 0 radical (unpaired) electrons. The van der Waals surface area contributed by atoms with Crippen LogP contribution in [0.4, 0.5) is 0 Å². The van der Waals surface area contributed by atoms with Gasteiger partial charge in [0.25, 0.3) is 0 Å². The number of hydrogen-bond donors (Lipinski definition) is 0. The van der Waals surface area contributed by atoms with E-state index < -0.39 is 0 Å². The van der Waals surface area contributed by atoms with Crippen molar-refractivity contribution < 1.29 is 17.7 Å². The smallest absolute Gasteiger partial charge is 0.161 e. The predicted molar refractivity (Wildman–Crippen MR) is 372 cm³/mol. The van der Waals surface area contributed by atoms with Gasteiger partial charge in [0.2, 0.25) is 0 Å². The fourth-order valence-corrected chi connectivity index (χ4v) is 28.9. The SMILES string of the molecule is Cc1ccc2c(c1)oc1c(Br)c(-c3sc4c(Br)c(-c5sc6c(oc7cc(C)ccc76)c5Br)sc4c3Br)sc12.Cc1ccc2c(c1)oc1c(I)c(-c3sc4c(Br)c(-c5sc6c(oc7cc(C)ccc76)c5I)sc4c3Br)sc12. The maximum Gasteiger partial charge on any atom is 0.161 e. The molecule has 0 unspecified atom stereocenters. The van der Waals surface area contributed by atoms with Crippen LogP contribution in [0.25, 0.3) is 143 Å². The first kappa shape index (κ1) is 51.4. The lowest BCUT2D eigenvalue weighted by molar-refractivity contribution is 0.667. The number of thiophene rings is 8. The van der Waals surface area contributed by atoms with Crippen molar-refractivity contribution >= 4 is 335 Å². The monoisotopic (exact) mass is 1740 g/mol. The molecule has 0 aliphatic carbocycles. The van der Waals surface area contributed by atoms with Crippen molar-refractivity contribution in [1.82, 2.24) is 0 Å². The summed E-state index contributed by atoms with van der Waals surface area (Å²) in [7, 11) is 0. The van der Waals surface area contributed by atoms with E-state index in [4.69, 9.17) is 17.7 Å². The molecule has 20 heteroatoms. The molecule has 4 nitrogen and oxygen atoms in total. The molecule has 4 aromatic carbocycles. The number of halogens is 8. The summed E-state index contributed by atoms with van der Waals surface area (Å²) in [6, 6.07) is 25.7. The van der Waals surface area contributed by atoms with Gasteiger partial charge in [-0.15, -0.1) is 90.7 Å². The van der Waals surface area contributed by atoms with Crippen LogP contribution in [0.3, 0.4) is 0 Å². The van der Waals surface area contributed by atoms with Crippen LogP contribution in [0.2, 0.25) is 0 Å². The number of benzene rings is 4. The normalized spacial score (nSPS) is 12.5. The Morgan fingerprint density at radius 1 is 0.289 bits per heavy atom. The third-order valence-corrected chi connectivity index (χ3v) is 33.9. The van der Waals surface area contributed by atoms with Gasteiger partial charge in [0, 0.05) is 21.5 Å². The molecule has 0 amide bonds. The second kappa shape index (κ2) is 19.0. The van der Waals surface area contributed by atoms with Crippen molar-refractivity contribution in [2.45, 2.75) is 27.7 Å². The maximum absolute atomic E-state index is 6.31. The fraction of sp³-hybridized carbons (Fsp3) is 0.0714. The van der Waals surface area contributed by atoms with Crippen LogP contribution < -0.4 is 0 Å². The Labute approximate surface area is 540 Å². The summed E-state index contributed by atoms with van der Waals surface area (Å²) < 4.78 is 43.9. The van der Waals surface area contributed by atoms with Crippen molar-refractivity contribution in [1.29, 1.82) is 0 Å². The molecule has 12 heterocycles. The molecular formula is C56H24Br6I2O4S8. The van der Waals surface area contributed by atoms with Crippen LogP contribution in [-0.4, -0.2) is 0 Å². The van der Waals surface area contributed by atoms with Crippen molar-refractivity contribution in [2.24, 2.45) is 0 Å². The van der Waals surface area contributed by atoms with E-state index >= 15 is 0 Å². The van der Waals surface area contributed by atoms with Gasteiger partial charge in [0.1, 0.15) is 22.3 Å². The van der Waals surface area contributed by atoms with E-state index in [0.29, 0.717) is 0 Å². The molecule has 12 aromatic heterocycles. The number of furan rings is 4. The van der Waals surface area contributed by atoms with Gasteiger partial charge in [-0.2, -0.15) is 0 Å². The molecule has 0 saturated carbocycles. The van der Waals surface area contributed by atoms with Crippen molar-refractivity contribution in [2.75, 3.05) is 0 Å². The molecule has 0 atom stereocenters. The number of rotatable bonds is 4. The number of fused-ring (bicyclic) bond motifs is 14. The van der Waals surface area contributed by atoms with Crippen LogP contribution in [-0.2, 0) is 0 Å². The van der Waals surface area contributed by atoms with Gasteiger partial charge in [-0.3, -0.25) is 0 Å². The minimum Gasteiger partial charge on any atom is -0.454 e. The van der Waals surface area contributed by atoms with E-state index in [1.165, 1.54) is 117 Å². The van der Waals surface area contributed by atoms with Gasteiger partial charge in [0.15, 0.2) is 22.3 Å². The Morgan fingerprint density at radius 3 is 0.816 bits per heavy atom. The third-order valence-electron chi connectivity index (χ3n) is 13.3. The first-order valence-electron chi connectivity index (χ1n) is 22.9. The molecule has 0 fully saturated rings. The molecule has 0 bridgehead atoms. The summed E-state index contributed by atoms with van der Waals surface area (Å²) in [5.74, 6) is 0.